The van der Waals surface area contributed by atoms with Crippen molar-refractivity contribution in [3.63, 3.8) is 0 Å². The van der Waals surface area contributed by atoms with Crippen LogP contribution in [0.25, 0.3) is 0 Å². The van der Waals surface area contributed by atoms with Crippen LogP contribution in [0.1, 0.15) is 6.42 Å². The molecule has 1 heterocycles. The molecule has 1 aromatic carbocycles. The molecule has 0 aromatic heterocycles. The lowest BCUT2D eigenvalue weighted by atomic mass is 9.97. The van der Waals surface area contributed by atoms with Crippen molar-refractivity contribution >= 4 is 33.6 Å². The summed E-state index contributed by atoms with van der Waals surface area (Å²) in [5.74, 6) is -0.734. The summed E-state index contributed by atoms with van der Waals surface area (Å²) in [6.45, 7) is 1.01. The first-order valence-corrected chi connectivity index (χ1v) is 6.37. The summed E-state index contributed by atoms with van der Waals surface area (Å²) < 4.78 is 0.896. The highest BCUT2D eigenvalue weighted by Gasteiger charge is 2.31. The van der Waals surface area contributed by atoms with Gasteiger partial charge < -0.3 is 15.3 Å². The molecule has 1 saturated heterocycles. The smallest absolute Gasteiger partial charge is 0.321 e. The molecule has 18 heavy (non-hydrogen) atoms. The van der Waals surface area contributed by atoms with Gasteiger partial charge in [0.25, 0.3) is 0 Å². The quantitative estimate of drug-likeness (QED) is 0.900. The Bertz CT molecular complexity index is 472. The van der Waals surface area contributed by atoms with Crippen molar-refractivity contribution in [2.24, 2.45) is 5.92 Å². The maximum Gasteiger partial charge on any atom is 0.321 e. The third kappa shape index (κ3) is 3.22. The largest absolute Gasteiger partial charge is 0.481 e. The fourth-order valence-corrected chi connectivity index (χ4v) is 2.28. The van der Waals surface area contributed by atoms with Crippen molar-refractivity contribution in [1.29, 1.82) is 0 Å². The average molecular weight is 313 g/mol. The lowest BCUT2D eigenvalue weighted by Crippen LogP contribution is -2.52. The van der Waals surface area contributed by atoms with E-state index in [1.54, 1.807) is 11.0 Å². The average Bonchev–Trinajstić information content (AvgIpc) is 2.22. The monoisotopic (exact) mass is 312 g/mol. The standard InChI is InChI=1S/C12H13BrN2O3/c13-9-2-1-3-10(5-9)14-12(18)15-6-8(7-15)4-11(16)17/h1-3,5,8H,4,6-7H2,(H,14,18)(H,16,17). The number of amides is 2. The Hall–Kier alpha value is -1.56. The zero-order valence-corrected chi connectivity index (χ0v) is 11.2. The highest BCUT2D eigenvalue weighted by molar-refractivity contribution is 9.10. The van der Waals surface area contributed by atoms with Crippen LogP contribution in [0.5, 0.6) is 0 Å². The highest BCUT2D eigenvalue weighted by Crippen LogP contribution is 2.21. The van der Waals surface area contributed by atoms with Gasteiger partial charge in [-0.1, -0.05) is 22.0 Å². The number of carbonyl (C=O) groups excluding carboxylic acids is 1. The summed E-state index contributed by atoms with van der Waals surface area (Å²) in [7, 11) is 0. The number of rotatable bonds is 3. The van der Waals surface area contributed by atoms with Crippen LogP contribution in [0.15, 0.2) is 28.7 Å². The van der Waals surface area contributed by atoms with Gasteiger partial charge in [-0.05, 0) is 18.2 Å². The first-order valence-electron chi connectivity index (χ1n) is 5.58. The normalized spacial score (nSPS) is 15.1. The number of carboxylic acids is 1. The van der Waals surface area contributed by atoms with Crippen molar-refractivity contribution < 1.29 is 14.7 Å². The number of nitrogens with one attached hydrogen (secondary N) is 1. The Morgan fingerprint density at radius 2 is 2.17 bits per heavy atom. The maximum absolute atomic E-state index is 11.8. The van der Waals surface area contributed by atoms with Crippen molar-refractivity contribution in [2.75, 3.05) is 18.4 Å². The van der Waals surface area contributed by atoms with Gasteiger partial charge in [-0.25, -0.2) is 4.79 Å². The first-order chi connectivity index (χ1) is 8.54. The summed E-state index contributed by atoms with van der Waals surface area (Å²) in [4.78, 5) is 23.9. The summed E-state index contributed by atoms with van der Waals surface area (Å²) in [6.07, 6.45) is 0.126. The number of halogens is 1. The molecule has 0 spiro atoms. The van der Waals surface area contributed by atoms with Crippen LogP contribution in [0.2, 0.25) is 0 Å². The minimum Gasteiger partial charge on any atom is -0.481 e. The summed E-state index contributed by atoms with van der Waals surface area (Å²) in [5.41, 5.74) is 0.719. The van der Waals surface area contributed by atoms with E-state index in [2.05, 4.69) is 21.2 Å². The van der Waals surface area contributed by atoms with Crippen LogP contribution >= 0.6 is 15.9 Å². The predicted octanol–water partition coefficient (Wildman–Crippen LogP) is 2.39. The number of likely N-dealkylation sites (tertiary alicyclic amines) is 1. The van der Waals surface area contributed by atoms with E-state index in [1.165, 1.54) is 0 Å². The minimum absolute atomic E-state index is 0.0794. The number of hydrogen-bond donors (Lipinski definition) is 2. The molecule has 0 atom stereocenters. The van der Waals surface area contributed by atoms with E-state index in [4.69, 9.17) is 5.11 Å². The minimum atomic E-state index is -0.813. The van der Waals surface area contributed by atoms with Gasteiger partial charge >= 0.3 is 12.0 Å². The van der Waals surface area contributed by atoms with Gasteiger partial charge in [0.05, 0.1) is 6.42 Å². The number of benzene rings is 1. The number of urea groups is 1. The molecule has 6 heteroatoms. The van der Waals surface area contributed by atoms with Crippen LogP contribution in [0.4, 0.5) is 10.5 Å². The van der Waals surface area contributed by atoms with Crippen molar-refractivity contribution in [3.8, 4) is 0 Å². The number of hydrogen-bond acceptors (Lipinski definition) is 2. The maximum atomic E-state index is 11.8. The molecule has 1 aromatic rings. The van der Waals surface area contributed by atoms with E-state index in [0.717, 1.165) is 10.2 Å². The molecule has 2 rings (SSSR count). The lowest BCUT2D eigenvalue weighted by molar-refractivity contribution is -0.139. The van der Waals surface area contributed by atoms with Gasteiger partial charge in [-0.15, -0.1) is 0 Å². The van der Waals surface area contributed by atoms with Gasteiger partial charge in [-0.2, -0.15) is 0 Å². The van der Waals surface area contributed by atoms with E-state index in [0.29, 0.717) is 13.1 Å². The molecule has 0 radical (unpaired) electrons. The number of carbonyl (C=O) groups is 2. The molecule has 0 bridgehead atoms. The first kappa shape index (κ1) is 12.9. The number of carboxylic acid groups (broad SMARTS) is 1. The molecule has 0 aliphatic carbocycles. The zero-order chi connectivity index (χ0) is 13.1. The molecular formula is C12H13BrN2O3. The summed E-state index contributed by atoms with van der Waals surface area (Å²) in [5, 5.41) is 11.4. The van der Waals surface area contributed by atoms with E-state index in [-0.39, 0.29) is 18.4 Å². The van der Waals surface area contributed by atoms with Crippen LogP contribution in [-0.2, 0) is 4.79 Å². The molecule has 5 nitrogen and oxygen atoms in total. The molecule has 0 unspecified atom stereocenters. The third-order valence-electron chi connectivity index (χ3n) is 2.78. The Labute approximate surface area is 113 Å². The molecule has 0 saturated carbocycles. The molecule has 1 aliphatic heterocycles. The topological polar surface area (TPSA) is 69.6 Å². The zero-order valence-electron chi connectivity index (χ0n) is 9.60. The number of anilines is 1. The second-order valence-electron chi connectivity index (χ2n) is 4.31. The fraction of sp³-hybridized carbons (Fsp3) is 0.333. The number of nitrogens with zero attached hydrogens (tertiary/aromatic N) is 1. The van der Waals surface area contributed by atoms with Gasteiger partial charge in [0, 0.05) is 29.2 Å². The van der Waals surface area contributed by atoms with E-state index in [1.807, 2.05) is 18.2 Å². The number of aliphatic carboxylic acids is 1. The Balaban J connectivity index is 1.82. The summed E-state index contributed by atoms with van der Waals surface area (Å²) in [6, 6.07) is 7.14. The van der Waals surface area contributed by atoms with Crippen LogP contribution in [-0.4, -0.2) is 35.1 Å². The van der Waals surface area contributed by atoms with Crippen LogP contribution < -0.4 is 5.32 Å². The van der Waals surface area contributed by atoms with Crippen molar-refractivity contribution in [3.05, 3.63) is 28.7 Å². The Morgan fingerprint density at radius 1 is 1.44 bits per heavy atom. The SMILES string of the molecule is O=C(O)CC1CN(C(=O)Nc2cccc(Br)c2)C1. The second-order valence-corrected chi connectivity index (χ2v) is 5.23. The molecule has 2 N–H and O–H groups in total. The Kier molecular flexibility index (Phi) is 3.86. The molecule has 1 aliphatic rings. The van der Waals surface area contributed by atoms with Gasteiger partial charge in [0.2, 0.25) is 0 Å². The van der Waals surface area contributed by atoms with Crippen molar-refractivity contribution in [2.45, 2.75) is 6.42 Å². The molecule has 2 amide bonds. The van der Waals surface area contributed by atoms with Gasteiger partial charge in [-0.3, -0.25) is 4.79 Å². The summed E-state index contributed by atoms with van der Waals surface area (Å²) >= 11 is 3.33. The van der Waals surface area contributed by atoms with E-state index >= 15 is 0 Å². The third-order valence-corrected chi connectivity index (χ3v) is 3.28. The van der Waals surface area contributed by atoms with Crippen LogP contribution in [0, 0.1) is 5.92 Å². The molecule has 1 fully saturated rings. The van der Waals surface area contributed by atoms with E-state index < -0.39 is 5.97 Å². The van der Waals surface area contributed by atoms with E-state index in [9.17, 15) is 9.59 Å². The Morgan fingerprint density at radius 3 is 2.78 bits per heavy atom. The molecular weight excluding hydrogens is 300 g/mol. The van der Waals surface area contributed by atoms with Gasteiger partial charge in [0.15, 0.2) is 0 Å². The predicted molar refractivity (Wildman–Crippen MR) is 70.5 cm³/mol. The van der Waals surface area contributed by atoms with Crippen LogP contribution in [0.3, 0.4) is 0 Å². The van der Waals surface area contributed by atoms with Gasteiger partial charge in [0.1, 0.15) is 0 Å². The van der Waals surface area contributed by atoms with Crippen molar-refractivity contribution in [1.82, 2.24) is 4.90 Å². The highest BCUT2D eigenvalue weighted by atomic mass is 79.9. The second kappa shape index (κ2) is 5.39. The lowest BCUT2D eigenvalue weighted by Gasteiger charge is -2.38. The molecule has 96 valence electrons. The fourth-order valence-electron chi connectivity index (χ4n) is 1.88.